The molecule has 0 bridgehead atoms. The zero-order valence-electron chi connectivity index (χ0n) is 15.8. The Morgan fingerprint density at radius 3 is 2.67 bits per heavy atom. The van der Waals surface area contributed by atoms with Gasteiger partial charge in [-0.15, -0.1) is 0 Å². The lowest BCUT2D eigenvalue weighted by Gasteiger charge is -2.15. The van der Waals surface area contributed by atoms with Gasteiger partial charge in [-0.1, -0.05) is 5.16 Å². The minimum Gasteiger partial charge on any atom is -0.345 e. The lowest BCUT2D eigenvalue weighted by molar-refractivity contribution is 0.0941. The van der Waals surface area contributed by atoms with Crippen molar-refractivity contribution in [1.82, 2.24) is 25.2 Å². The van der Waals surface area contributed by atoms with Crippen molar-refractivity contribution < 1.29 is 9.32 Å². The Hall–Kier alpha value is -2.70. The van der Waals surface area contributed by atoms with Crippen LogP contribution in [-0.2, 0) is 7.05 Å². The number of amides is 1. The number of hydrogen-bond donors (Lipinski definition) is 1. The maximum atomic E-state index is 13.2. The summed E-state index contributed by atoms with van der Waals surface area (Å²) in [5, 5.41) is 12.4. The molecule has 3 heterocycles. The fraction of sp³-hybridized carbons (Fsp3) is 0.500. The highest BCUT2D eigenvalue weighted by molar-refractivity contribution is 6.06. The lowest BCUT2D eigenvalue weighted by Crippen LogP contribution is -2.27. The van der Waals surface area contributed by atoms with E-state index in [1.54, 1.807) is 0 Å². The van der Waals surface area contributed by atoms with Gasteiger partial charge in [-0.3, -0.25) is 9.48 Å². The van der Waals surface area contributed by atoms with Crippen molar-refractivity contribution in [2.24, 2.45) is 7.05 Å². The van der Waals surface area contributed by atoms with Crippen LogP contribution in [-0.4, -0.2) is 25.8 Å². The summed E-state index contributed by atoms with van der Waals surface area (Å²) in [5.41, 5.74) is 5.03. The first-order chi connectivity index (χ1) is 13.0. The summed E-state index contributed by atoms with van der Waals surface area (Å²) in [4.78, 5) is 17.9. The van der Waals surface area contributed by atoms with E-state index in [2.05, 4.69) is 20.6 Å². The molecule has 1 amide bonds. The molecule has 2 fully saturated rings. The number of aryl methyl sites for hydroxylation is 1. The smallest absolute Gasteiger partial charge is 0.259 e. The van der Waals surface area contributed by atoms with Crippen LogP contribution in [0.25, 0.3) is 11.1 Å². The quantitative estimate of drug-likeness (QED) is 0.748. The molecule has 0 aliphatic heterocycles. The van der Waals surface area contributed by atoms with Gasteiger partial charge in [0.1, 0.15) is 0 Å². The number of nitrogens with zero attached hydrogens (tertiary/aromatic N) is 4. The van der Waals surface area contributed by atoms with Crippen LogP contribution in [0.15, 0.2) is 16.8 Å². The Bertz CT molecular complexity index is 1040. The highest BCUT2D eigenvalue weighted by Gasteiger charge is 2.34. The number of pyridine rings is 1. The maximum Gasteiger partial charge on any atom is 0.259 e. The predicted molar refractivity (Wildman–Crippen MR) is 99.6 cm³/mol. The van der Waals surface area contributed by atoms with Gasteiger partial charge in [0, 0.05) is 35.8 Å². The molecule has 3 aromatic rings. The predicted octanol–water partition coefficient (Wildman–Crippen LogP) is 3.51. The molecule has 0 spiro atoms. The monoisotopic (exact) mass is 365 g/mol. The standard InChI is InChI=1S/C20H23N5O2/c1-10(15-9-21-25(3)11(15)2)22-19(26)14-8-16(12-4-5-12)23-20-17(14)18(24-27-20)13-6-7-13/h8-10,12-13H,4-7H2,1-3H3,(H,22,26). The topological polar surface area (TPSA) is 85.8 Å². The van der Waals surface area contributed by atoms with E-state index in [0.717, 1.165) is 53.7 Å². The number of rotatable bonds is 5. The molecule has 0 aromatic carbocycles. The third kappa shape index (κ3) is 2.81. The van der Waals surface area contributed by atoms with E-state index in [0.29, 0.717) is 23.1 Å². The molecule has 27 heavy (non-hydrogen) atoms. The van der Waals surface area contributed by atoms with E-state index in [-0.39, 0.29) is 11.9 Å². The molecule has 140 valence electrons. The van der Waals surface area contributed by atoms with Gasteiger partial charge in [-0.05, 0) is 45.6 Å². The van der Waals surface area contributed by atoms with Crippen molar-refractivity contribution >= 4 is 17.0 Å². The van der Waals surface area contributed by atoms with E-state index in [9.17, 15) is 4.79 Å². The first-order valence-corrected chi connectivity index (χ1v) is 9.62. The van der Waals surface area contributed by atoms with Gasteiger partial charge < -0.3 is 9.84 Å². The molecular weight excluding hydrogens is 342 g/mol. The summed E-state index contributed by atoms with van der Waals surface area (Å²) in [7, 11) is 1.90. The van der Waals surface area contributed by atoms with E-state index < -0.39 is 0 Å². The van der Waals surface area contributed by atoms with Crippen molar-refractivity contribution in [3.8, 4) is 0 Å². The molecule has 3 aromatic heterocycles. The van der Waals surface area contributed by atoms with Crippen LogP contribution in [0.3, 0.4) is 0 Å². The molecular formula is C20H23N5O2. The molecule has 2 aliphatic rings. The van der Waals surface area contributed by atoms with Crippen molar-refractivity contribution in [2.75, 3.05) is 0 Å². The van der Waals surface area contributed by atoms with E-state index in [4.69, 9.17) is 4.52 Å². The number of hydrogen-bond acceptors (Lipinski definition) is 5. The molecule has 7 nitrogen and oxygen atoms in total. The van der Waals surface area contributed by atoms with E-state index in [1.807, 2.05) is 37.8 Å². The summed E-state index contributed by atoms with van der Waals surface area (Å²) in [6.07, 6.45) is 6.24. The van der Waals surface area contributed by atoms with Gasteiger partial charge >= 0.3 is 0 Å². The summed E-state index contributed by atoms with van der Waals surface area (Å²) in [5.74, 6) is 0.725. The zero-order chi connectivity index (χ0) is 18.7. The number of fused-ring (bicyclic) bond motifs is 1. The summed E-state index contributed by atoms with van der Waals surface area (Å²) in [6, 6.07) is 1.81. The van der Waals surface area contributed by atoms with Crippen molar-refractivity contribution in [2.45, 2.75) is 57.4 Å². The normalized spacial score (nSPS) is 18.0. The second-order valence-electron chi connectivity index (χ2n) is 7.90. The van der Waals surface area contributed by atoms with Crippen molar-refractivity contribution in [1.29, 1.82) is 0 Å². The highest BCUT2D eigenvalue weighted by atomic mass is 16.5. The van der Waals surface area contributed by atoms with Gasteiger partial charge in [0.05, 0.1) is 28.9 Å². The van der Waals surface area contributed by atoms with Crippen LogP contribution in [0.1, 0.15) is 83.5 Å². The van der Waals surface area contributed by atoms with Crippen LogP contribution < -0.4 is 5.32 Å². The minimum absolute atomic E-state index is 0.106. The van der Waals surface area contributed by atoms with Gasteiger partial charge in [0.25, 0.3) is 11.6 Å². The average Bonchev–Trinajstić information content (AvgIpc) is 3.58. The molecule has 1 N–H and O–H groups in total. The number of aromatic nitrogens is 4. The third-order valence-corrected chi connectivity index (χ3v) is 5.78. The molecule has 1 unspecified atom stereocenters. The van der Waals surface area contributed by atoms with Crippen molar-refractivity contribution in [3.05, 3.63) is 40.5 Å². The first-order valence-electron chi connectivity index (χ1n) is 9.62. The van der Waals surface area contributed by atoms with Crippen molar-refractivity contribution in [3.63, 3.8) is 0 Å². The highest BCUT2D eigenvalue weighted by Crippen LogP contribution is 2.45. The van der Waals surface area contributed by atoms with Gasteiger partial charge in [-0.25, -0.2) is 4.98 Å². The SMILES string of the molecule is Cc1c(C(C)NC(=O)c2cc(C3CC3)nc3onc(C4CC4)c23)cnn1C. The number of nitrogens with one attached hydrogen (secondary N) is 1. The summed E-state index contributed by atoms with van der Waals surface area (Å²) >= 11 is 0. The average molecular weight is 365 g/mol. The first kappa shape index (κ1) is 16.5. The molecule has 7 heteroatoms. The third-order valence-electron chi connectivity index (χ3n) is 5.78. The largest absolute Gasteiger partial charge is 0.345 e. The maximum absolute atomic E-state index is 13.2. The second-order valence-corrected chi connectivity index (χ2v) is 7.90. The molecule has 2 saturated carbocycles. The number of carbonyl (C=O) groups excluding carboxylic acids is 1. The molecule has 2 aliphatic carbocycles. The molecule has 1 atom stereocenters. The van der Waals surface area contributed by atoms with Gasteiger partial charge in [0.15, 0.2) is 0 Å². The fourth-order valence-corrected chi connectivity index (χ4v) is 3.69. The van der Waals surface area contributed by atoms with Crippen LogP contribution in [0.4, 0.5) is 0 Å². The Labute approximate surface area is 157 Å². The molecule has 0 radical (unpaired) electrons. The van der Waals surface area contributed by atoms with Crippen LogP contribution in [0.2, 0.25) is 0 Å². The second kappa shape index (κ2) is 5.90. The Morgan fingerprint density at radius 2 is 2.04 bits per heavy atom. The van der Waals surface area contributed by atoms with E-state index in [1.165, 1.54) is 0 Å². The van der Waals surface area contributed by atoms with Crippen LogP contribution >= 0.6 is 0 Å². The summed E-state index contributed by atoms with van der Waals surface area (Å²) in [6.45, 7) is 3.99. The Morgan fingerprint density at radius 1 is 1.30 bits per heavy atom. The van der Waals surface area contributed by atoms with Gasteiger partial charge in [0.2, 0.25) is 0 Å². The lowest BCUT2D eigenvalue weighted by atomic mass is 10.0. The zero-order valence-corrected chi connectivity index (χ0v) is 15.8. The van der Waals surface area contributed by atoms with Crippen LogP contribution in [0, 0.1) is 6.92 Å². The molecule has 0 saturated heterocycles. The van der Waals surface area contributed by atoms with Gasteiger partial charge in [-0.2, -0.15) is 5.10 Å². The number of carbonyl (C=O) groups is 1. The van der Waals surface area contributed by atoms with Crippen LogP contribution in [0.5, 0.6) is 0 Å². The minimum atomic E-state index is -0.136. The summed E-state index contributed by atoms with van der Waals surface area (Å²) < 4.78 is 7.34. The van der Waals surface area contributed by atoms with E-state index >= 15 is 0 Å². The Kier molecular flexibility index (Phi) is 3.60. The molecule has 5 rings (SSSR count). The fourth-order valence-electron chi connectivity index (χ4n) is 3.69. The Balaban J connectivity index is 1.53.